The zero-order valence-corrected chi connectivity index (χ0v) is 20.5. The molecule has 2 heterocycles. The molecule has 0 spiro atoms. The van der Waals surface area contributed by atoms with Gasteiger partial charge in [0.2, 0.25) is 11.7 Å². The lowest BCUT2D eigenvalue weighted by atomic mass is 9.89. The van der Waals surface area contributed by atoms with Crippen molar-refractivity contribution in [2.75, 3.05) is 48.1 Å². The number of nitrogens with one attached hydrogen (secondary N) is 2. The van der Waals surface area contributed by atoms with E-state index in [2.05, 4.69) is 22.6 Å². The van der Waals surface area contributed by atoms with Gasteiger partial charge in [-0.25, -0.2) is 0 Å². The highest BCUT2D eigenvalue weighted by Crippen LogP contribution is 2.38. The van der Waals surface area contributed by atoms with Crippen molar-refractivity contribution in [3.63, 3.8) is 0 Å². The van der Waals surface area contributed by atoms with E-state index < -0.39 is 0 Å². The highest BCUT2D eigenvalue weighted by Gasteiger charge is 2.26. The van der Waals surface area contributed by atoms with Gasteiger partial charge in [0, 0.05) is 35.8 Å². The highest BCUT2D eigenvalue weighted by molar-refractivity contribution is 5.97. The van der Waals surface area contributed by atoms with Crippen molar-refractivity contribution < 1.29 is 28.5 Å². The zero-order chi connectivity index (χ0) is 24.9. The fraction of sp³-hybridized carbons (Fsp3) is 0.385. The Morgan fingerprint density at radius 1 is 0.971 bits per heavy atom. The van der Waals surface area contributed by atoms with Crippen LogP contribution >= 0.6 is 0 Å². The zero-order valence-electron chi connectivity index (χ0n) is 20.5. The fourth-order valence-electron chi connectivity index (χ4n) is 4.61. The Morgan fingerprint density at radius 2 is 1.66 bits per heavy atom. The number of nitrogens with zero attached hydrogens (tertiary/aromatic N) is 1. The van der Waals surface area contributed by atoms with Gasteiger partial charge in [0.1, 0.15) is 5.75 Å². The minimum atomic E-state index is -0.389. The molecule has 0 bridgehead atoms. The number of likely N-dealkylation sites (tertiary alicyclic amines) is 1. The molecule has 0 radical (unpaired) electrons. The predicted octanol–water partition coefficient (Wildman–Crippen LogP) is 3.34. The van der Waals surface area contributed by atoms with E-state index in [0.717, 1.165) is 29.5 Å². The molecule has 1 fully saturated rings. The summed E-state index contributed by atoms with van der Waals surface area (Å²) < 4.78 is 21.3. The highest BCUT2D eigenvalue weighted by atomic mass is 16.5. The SMILES string of the molecule is COc1ccc2[nH]cc(C3CCN(C(=O)CNC(=O)c4cc(OC)c(OC)c(OC)c4)CC3)c2c1. The molecular weight excluding hydrogens is 450 g/mol. The fourth-order valence-corrected chi connectivity index (χ4v) is 4.61. The Morgan fingerprint density at radius 3 is 2.26 bits per heavy atom. The molecule has 35 heavy (non-hydrogen) atoms. The monoisotopic (exact) mass is 481 g/mol. The van der Waals surface area contributed by atoms with Crippen molar-refractivity contribution in [1.82, 2.24) is 15.2 Å². The Hall–Kier alpha value is -3.88. The minimum absolute atomic E-state index is 0.0789. The van der Waals surface area contributed by atoms with E-state index in [-0.39, 0.29) is 18.4 Å². The van der Waals surface area contributed by atoms with Crippen LogP contribution in [-0.4, -0.2) is 69.8 Å². The number of hydrogen-bond donors (Lipinski definition) is 2. The summed E-state index contributed by atoms with van der Waals surface area (Å²) in [5.41, 5.74) is 2.65. The summed E-state index contributed by atoms with van der Waals surface area (Å²) in [7, 11) is 6.13. The van der Waals surface area contributed by atoms with Crippen molar-refractivity contribution in [1.29, 1.82) is 0 Å². The van der Waals surface area contributed by atoms with E-state index in [4.69, 9.17) is 18.9 Å². The molecule has 9 nitrogen and oxygen atoms in total. The lowest BCUT2D eigenvalue weighted by Crippen LogP contribution is -2.43. The van der Waals surface area contributed by atoms with Gasteiger partial charge in [0.15, 0.2) is 11.5 Å². The van der Waals surface area contributed by atoms with Crippen molar-refractivity contribution in [3.8, 4) is 23.0 Å². The molecule has 1 saturated heterocycles. The molecule has 9 heteroatoms. The van der Waals surface area contributed by atoms with E-state index in [1.807, 2.05) is 12.1 Å². The summed E-state index contributed by atoms with van der Waals surface area (Å²) in [6.45, 7) is 1.20. The quantitative estimate of drug-likeness (QED) is 0.512. The smallest absolute Gasteiger partial charge is 0.251 e. The molecule has 186 valence electrons. The van der Waals surface area contributed by atoms with Gasteiger partial charge in [-0.1, -0.05) is 0 Å². The number of benzene rings is 2. The molecular formula is C26H31N3O6. The van der Waals surface area contributed by atoms with Crippen LogP contribution in [0.2, 0.25) is 0 Å². The first-order chi connectivity index (χ1) is 17.0. The van der Waals surface area contributed by atoms with Crippen molar-refractivity contribution in [3.05, 3.63) is 47.7 Å². The van der Waals surface area contributed by atoms with Crippen LogP contribution in [0.1, 0.15) is 34.7 Å². The molecule has 4 rings (SSSR count). The molecule has 0 atom stereocenters. The van der Waals surface area contributed by atoms with Crippen molar-refractivity contribution in [2.45, 2.75) is 18.8 Å². The first-order valence-electron chi connectivity index (χ1n) is 11.5. The van der Waals surface area contributed by atoms with Gasteiger partial charge < -0.3 is 34.1 Å². The number of piperidine rings is 1. The molecule has 0 aliphatic carbocycles. The number of aromatic amines is 1. The van der Waals surface area contributed by atoms with E-state index in [9.17, 15) is 9.59 Å². The number of hydrogen-bond acceptors (Lipinski definition) is 6. The van der Waals surface area contributed by atoms with Crippen LogP contribution in [-0.2, 0) is 4.79 Å². The number of aromatic nitrogens is 1. The third-order valence-electron chi connectivity index (χ3n) is 6.54. The summed E-state index contributed by atoms with van der Waals surface area (Å²) in [4.78, 5) is 30.6. The number of H-pyrrole nitrogens is 1. The van der Waals surface area contributed by atoms with Gasteiger partial charge in [-0.15, -0.1) is 0 Å². The maximum Gasteiger partial charge on any atom is 0.251 e. The Kier molecular flexibility index (Phi) is 7.33. The Labute approximate surface area is 204 Å². The third kappa shape index (κ3) is 4.99. The second-order valence-electron chi connectivity index (χ2n) is 8.41. The normalized spacial score (nSPS) is 14.0. The summed E-state index contributed by atoms with van der Waals surface area (Å²) >= 11 is 0. The van der Waals surface area contributed by atoms with Gasteiger partial charge >= 0.3 is 0 Å². The molecule has 2 N–H and O–H groups in total. The lowest BCUT2D eigenvalue weighted by Gasteiger charge is -2.32. The first kappa shape index (κ1) is 24.3. The van der Waals surface area contributed by atoms with Gasteiger partial charge in [-0.05, 0) is 54.7 Å². The van der Waals surface area contributed by atoms with Crippen LogP contribution in [0.5, 0.6) is 23.0 Å². The maximum atomic E-state index is 12.8. The average molecular weight is 482 g/mol. The number of fused-ring (bicyclic) bond motifs is 1. The van der Waals surface area contributed by atoms with Crippen LogP contribution in [0.15, 0.2) is 36.5 Å². The number of rotatable bonds is 8. The van der Waals surface area contributed by atoms with E-state index in [1.165, 1.54) is 26.9 Å². The van der Waals surface area contributed by atoms with Gasteiger partial charge in [-0.3, -0.25) is 9.59 Å². The van der Waals surface area contributed by atoms with Crippen LogP contribution in [0.3, 0.4) is 0 Å². The number of amides is 2. The average Bonchev–Trinajstić information content (AvgIpc) is 3.33. The van der Waals surface area contributed by atoms with Gasteiger partial charge in [0.25, 0.3) is 5.91 Å². The molecule has 1 aliphatic rings. The molecule has 1 aliphatic heterocycles. The third-order valence-corrected chi connectivity index (χ3v) is 6.54. The number of carbonyl (C=O) groups is 2. The number of ether oxygens (including phenoxy) is 4. The van der Waals surface area contributed by atoms with E-state index in [1.54, 1.807) is 24.1 Å². The second kappa shape index (κ2) is 10.6. The second-order valence-corrected chi connectivity index (χ2v) is 8.41. The van der Waals surface area contributed by atoms with Crippen LogP contribution in [0.4, 0.5) is 0 Å². The van der Waals surface area contributed by atoms with Crippen molar-refractivity contribution >= 4 is 22.7 Å². The summed E-state index contributed by atoms with van der Waals surface area (Å²) in [5.74, 6) is 1.84. The molecule has 0 saturated carbocycles. The minimum Gasteiger partial charge on any atom is -0.497 e. The van der Waals surface area contributed by atoms with Crippen LogP contribution in [0, 0.1) is 0 Å². The summed E-state index contributed by atoms with van der Waals surface area (Å²) in [6.07, 6.45) is 3.78. The van der Waals surface area contributed by atoms with Gasteiger partial charge in [-0.2, -0.15) is 0 Å². The standard InChI is InChI=1S/C26H31N3O6/c1-32-18-5-6-21-19(13-18)20(14-27-21)16-7-9-29(10-8-16)24(30)15-28-26(31)17-11-22(33-2)25(35-4)23(12-17)34-3/h5-6,11-14,16,27H,7-10,15H2,1-4H3,(H,28,31). The number of methoxy groups -OCH3 is 4. The summed E-state index contributed by atoms with van der Waals surface area (Å²) in [5, 5.41) is 3.87. The van der Waals surface area contributed by atoms with Gasteiger partial charge in [0.05, 0.1) is 35.0 Å². The van der Waals surface area contributed by atoms with Crippen molar-refractivity contribution in [2.24, 2.45) is 0 Å². The molecule has 0 unspecified atom stereocenters. The van der Waals surface area contributed by atoms with Crippen LogP contribution < -0.4 is 24.3 Å². The van der Waals surface area contributed by atoms with Crippen LogP contribution in [0.25, 0.3) is 10.9 Å². The molecule has 1 aromatic heterocycles. The first-order valence-corrected chi connectivity index (χ1v) is 11.5. The largest absolute Gasteiger partial charge is 0.497 e. The topological polar surface area (TPSA) is 102 Å². The molecule has 2 amide bonds. The van der Waals surface area contributed by atoms with E-state index in [0.29, 0.717) is 41.8 Å². The lowest BCUT2D eigenvalue weighted by molar-refractivity contribution is -0.131. The summed E-state index contributed by atoms with van der Waals surface area (Å²) in [6, 6.07) is 9.13. The van der Waals surface area contributed by atoms with E-state index >= 15 is 0 Å². The molecule has 2 aromatic carbocycles. The maximum absolute atomic E-state index is 12.8. The predicted molar refractivity (Wildman–Crippen MR) is 132 cm³/mol. The Balaban J connectivity index is 1.35. The molecule has 3 aromatic rings. The number of carbonyl (C=O) groups excluding carboxylic acids is 2. The Bertz CT molecular complexity index is 1190.